The number of nitrogens with one attached hydrogen (secondary N) is 1. The molecule has 0 radical (unpaired) electrons. The van der Waals surface area contributed by atoms with Crippen LogP contribution in [0.25, 0.3) is 0 Å². The summed E-state index contributed by atoms with van der Waals surface area (Å²) < 4.78 is 0. The van der Waals surface area contributed by atoms with Gasteiger partial charge >= 0.3 is 0 Å². The Balaban J connectivity index is 2.31. The van der Waals surface area contributed by atoms with E-state index < -0.39 is 6.04 Å². The number of amides is 2. The number of nitrogens with zero attached hydrogens (tertiary/aromatic N) is 1. The van der Waals surface area contributed by atoms with E-state index in [0.29, 0.717) is 13.1 Å². The van der Waals surface area contributed by atoms with Gasteiger partial charge in [-0.25, -0.2) is 0 Å². The van der Waals surface area contributed by atoms with Gasteiger partial charge in [-0.05, 0) is 17.5 Å². The first-order valence-electron chi connectivity index (χ1n) is 4.98. The first-order chi connectivity index (χ1) is 7.74. The van der Waals surface area contributed by atoms with Gasteiger partial charge in [0, 0.05) is 18.0 Å². The Labute approximate surface area is 97.6 Å². The zero-order valence-corrected chi connectivity index (χ0v) is 9.50. The van der Waals surface area contributed by atoms with Gasteiger partial charge in [0.05, 0.1) is 0 Å². The van der Waals surface area contributed by atoms with Crippen LogP contribution in [0.1, 0.15) is 10.9 Å². The van der Waals surface area contributed by atoms with E-state index in [2.05, 4.69) is 11.9 Å². The summed E-state index contributed by atoms with van der Waals surface area (Å²) in [5, 5.41) is 4.67. The van der Waals surface area contributed by atoms with Crippen molar-refractivity contribution in [1.82, 2.24) is 10.2 Å². The quantitative estimate of drug-likeness (QED) is 0.777. The third kappa shape index (κ3) is 1.86. The van der Waals surface area contributed by atoms with Crippen molar-refractivity contribution < 1.29 is 9.59 Å². The molecule has 0 bridgehead atoms. The van der Waals surface area contributed by atoms with Gasteiger partial charge < -0.3 is 10.2 Å². The molecule has 1 N–H and O–H groups in total. The molecule has 0 aromatic carbocycles. The van der Waals surface area contributed by atoms with Crippen LogP contribution in [0.2, 0.25) is 0 Å². The van der Waals surface area contributed by atoms with Crippen molar-refractivity contribution in [1.29, 1.82) is 0 Å². The van der Waals surface area contributed by atoms with Gasteiger partial charge in [-0.3, -0.25) is 9.59 Å². The number of carbonyl (C=O) groups is 2. The summed E-state index contributed by atoms with van der Waals surface area (Å²) in [5.74, 6) is -0.322. The van der Waals surface area contributed by atoms with Gasteiger partial charge in [0.2, 0.25) is 11.8 Å². The molecule has 16 heavy (non-hydrogen) atoms. The number of carbonyl (C=O) groups excluding carboxylic acids is 2. The van der Waals surface area contributed by atoms with E-state index in [1.54, 1.807) is 4.90 Å². The standard InChI is InChI=1S/C11H12N2O2S/c1-2-9(14)13-6-5-12-11(15)10(13)8-4-3-7-16-8/h2-4,7,10H,1,5-6H2,(H,12,15)/t10-/m0/s1. The highest BCUT2D eigenvalue weighted by Gasteiger charge is 2.33. The summed E-state index contributed by atoms with van der Waals surface area (Å²) >= 11 is 1.48. The van der Waals surface area contributed by atoms with Crippen molar-refractivity contribution in [3.8, 4) is 0 Å². The number of thiophene rings is 1. The second kappa shape index (κ2) is 4.49. The van der Waals surface area contributed by atoms with Crippen molar-refractivity contribution in [2.24, 2.45) is 0 Å². The number of hydrogen-bond donors (Lipinski definition) is 1. The van der Waals surface area contributed by atoms with Crippen LogP contribution in [0.15, 0.2) is 30.2 Å². The molecule has 84 valence electrons. The lowest BCUT2D eigenvalue weighted by atomic mass is 10.1. The van der Waals surface area contributed by atoms with Gasteiger partial charge in [0.15, 0.2) is 0 Å². The molecule has 1 aliphatic heterocycles. The van der Waals surface area contributed by atoms with Crippen molar-refractivity contribution in [2.75, 3.05) is 13.1 Å². The summed E-state index contributed by atoms with van der Waals surface area (Å²) in [6, 6.07) is 3.24. The molecule has 2 rings (SSSR count). The fourth-order valence-electron chi connectivity index (χ4n) is 1.75. The lowest BCUT2D eigenvalue weighted by molar-refractivity contribution is -0.140. The van der Waals surface area contributed by atoms with Crippen LogP contribution in [0.5, 0.6) is 0 Å². The van der Waals surface area contributed by atoms with Crippen molar-refractivity contribution in [3.05, 3.63) is 35.0 Å². The lowest BCUT2D eigenvalue weighted by Crippen LogP contribution is -2.51. The smallest absolute Gasteiger partial charge is 0.248 e. The third-order valence-electron chi connectivity index (χ3n) is 2.48. The number of piperazine rings is 1. The van der Waals surface area contributed by atoms with Crippen LogP contribution in [0, 0.1) is 0 Å². The number of rotatable bonds is 2. The van der Waals surface area contributed by atoms with E-state index in [1.165, 1.54) is 17.4 Å². The average Bonchev–Trinajstić information content (AvgIpc) is 2.81. The molecule has 1 atom stereocenters. The Morgan fingerprint density at radius 3 is 3.12 bits per heavy atom. The van der Waals surface area contributed by atoms with Gasteiger partial charge in [-0.2, -0.15) is 0 Å². The van der Waals surface area contributed by atoms with Gasteiger partial charge in [-0.15, -0.1) is 11.3 Å². The van der Waals surface area contributed by atoms with Gasteiger partial charge in [-0.1, -0.05) is 12.6 Å². The Morgan fingerprint density at radius 1 is 1.69 bits per heavy atom. The van der Waals surface area contributed by atoms with Crippen LogP contribution < -0.4 is 5.32 Å². The monoisotopic (exact) mass is 236 g/mol. The van der Waals surface area contributed by atoms with Crippen LogP contribution in [-0.4, -0.2) is 29.8 Å². The highest BCUT2D eigenvalue weighted by atomic mass is 32.1. The molecular weight excluding hydrogens is 224 g/mol. The molecule has 0 unspecified atom stereocenters. The van der Waals surface area contributed by atoms with E-state index in [4.69, 9.17) is 0 Å². The van der Waals surface area contributed by atoms with E-state index >= 15 is 0 Å². The summed E-state index contributed by atoms with van der Waals surface area (Å²) in [6.07, 6.45) is 1.25. The topological polar surface area (TPSA) is 49.4 Å². The highest BCUT2D eigenvalue weighted by Crippen LogP contribution is 2.27. The molecule has 1 fully saturated rings. The zero-order valence-electron chi connectivity index (χ0n) is 8.68. The van der Waals surface area contributed by atoms with E-state index in [-0.39, 0.29) is 11.8 Å². The summed E-state index contributed by atoms with van der Waals surface area (Å²) in [4.78, 5) is 25.9. The predicted octanol–water partition coefficient (Wildman–Crippen LogP) is 0.934. The summed E-state index contributed by atoms with van der Waals surface area (Å²) in [5.41, 5.74) is 0. The zero-order chi connectivity index (χ0) is 11.5. The van der Waals surface area contributed by atoms with E-state index in [9.17, 15) is 9.59 Å². The van der Waals surface area contributed by atoms with Crippen molar-refractivity contribution >= 4 is 23.2 Å². The minimum Gasteiger partial charge on any atom is -0.352 e. The first kappa shape index (κ1) is 10.9. The molecule has 2 amide bonds. The normalized spacial score (nSPS) is 20.4. The molecule has 1 aromatic rings. The molecule has 0 saturated carbocycles. The largest absolute Gasteiger partial charge is 0.352 e. The molecule has 2 heterocycles. The minimum absolute atomic E-state index is 0.121. The van der Waals surface area contributed by atoms with Crippen LogP contribution >= 0.6 is 11.3 Å². The Kier molecular flexibility index (Phi) is 3.05. The second-order valence-corrected chi connectivity index (χ2v) is 4.42. The molecule has 4 nitrogen and oxygen atoms in total. The Bertz CT molecular complexity index is 414. The molecule has 0 spiro atoms. The van der Waals surface area contributed by atoms with Crippen molar-refractivity contribution in [2.45, 2.75) is 6.04 Å². The minimum atomic E-state index is -0.501. The molecule has 0 aliphatic carbocycles. The second-order valence-electron chi connectivity index (χ2n) is 3.44. The van der Waals surface area contributed by atoms with Crippen LogP contribution in [-0.2, 0) is 9.59 Å². The maximum atomic E-state index is 11.8. The van der Waals surface area contributed by atoms with E-state index in [0.717, 1.165) is 4.88 Å². The Hall–Kier alpha value is -1.62. The fraction of sp³-hybridized carbons (Fsp3) is 0.273. The maximum Gasteiger partial charge on any atom is 0.248 e. The molecule has 1 saturated heterocycles. The SMILES string of the molecule is C=CC(=O)N1CCNC(=O)[C@@H]1c1cccs1. The summed E-state index contributed by atoms with van der Waals surface area (Å²) in [7, 11) is 0. The lowest BCUT2D eigenvalue weighted by Gasteiger charge is -2.33. The molecule has 1 aliphatic rings. The van der Waals surface area contributed by atoms with Crippen LogP contribution in [0.3, 0.4) is 0 Å². The van der Waals surface area contributed by atoms with Gasteiger partial charge in [0.25, 0.3) is 0 Å². The molecular formula is C11H12N2O2S. The fourth-order valence-corrected chi connectivity index (χ4v) is 2.59. The van der Waals surface area contributed by atoms with Crippen LogP contribution in [0.4, 0.5) is 0 Å². The maximum absolute atomic E-state index is 11.8. The van der Waals surface area contributed by atoms with Gasteiger partial charge in [0.1, 0.15) is 6.04 Å². The Morgan fingerprint density at radius 2 is 2.50 bits per heavy atom. The average molecular weight is 236 g/mol. The highest BCUT2D eigenvalue weighted by molar-refractivity contribution is 7.10. The molecule has 5 heteroatoms. The van der Waals surface area contributed by atoms with Crippen molar-refractivity contribution in [3.63, 3.8) is 0 Å². The summed E-state index contributed by atoms with van der Waals surface area (Å²) in [6.45, 7) is 4.48. The number of hydrogen-bond acceptors (Lipinski definition) is 3. The molecule has 1 aromatic heterocycles. The third-order valence-corrected chi connectivity index (χ3v) is 3.41. The van der Waals surface area contributed by atoms with E-state index in [1.807, 2.05) is 17.5 Å². The first-order valence-corrected chi connectivity index (χ1v) is 5.86. The predicted molar refractivity (Wildman–Crippen MR) is 62.0 cm³/mol.